The van der Waals surface area contributed by atoms with Gasteiger partial charge in [0.05, 0.1) is 12.1 Å². The van der Waals surface area contributed by atoms with E-state index in [1.807, 2.05) is 0 Å². The van der Waals surface area contributed by atoms with E-state index in [1.54, 1.807) is 23.0 Å². The van der Waals surface area contributed by atoms with Crippen LogP contribution in [0.1, 0.15) is 31.2 Å². The molecule has 3 N–H and O–H groups in total. The normalized spacial score (nSPS) is 24.2. The van der Waals surface area contributed by atoms with Gasteiger partial charge in [-0.1, -0.05) is 5.92 Å². The van der Waals surface area contributed by atoms with Crippen LogP contribution in [-0.4, -0.2) is 41.7 Å². The van der Waals surface area contributed by atoms with Crippen molar-refractivity contribution in [3.63, 3.8) is 0 Å². The maximum absolute atomic E-state index is 13.9. The van der Waals surface area contributed by atoms with Crippen molar-refractivity contribution in [3.8, 4) is 23.7 Å². The molecule has 0 saturated heterocycles. The fourth-order valence-electron chi connectivity index (χ4n) is 5.63. The molecule has 0 spiro atoms. The van der Waals surface area contributed by atoms with Crippen LogP contribution in [0.2, 0.25) is 0 Å². The summed E-state index contributed by atoms with van der Waals surface area (Å²) in [5.41, 5.74) is 2.42. The average Bonchev–Trinajstić information content (AvgIpc) is 3.43. The van der Waals surface area contributed by atoms with Crippen LogP contribution in [0.3, 0.4) is 0 Å². The number of rotatable bonds is 4. The quantitative estimate of drug-likeness (QED) is 0.414. The molecule has 2 atom stereocenters. The topological polar surface area (TPSA) is 108 Å². The Kier molecular flexibility index (Phi) is 4.37. The fraction of sp³-hybridized carbons (Fsp3) is 0.333. The van der Waals surface area contributed by atoms with Crippen molar-refractivity contribution in [1.29, 1.82) is 0 Å². The lowest BCUT2D eigenvalue weighted by Gasteiger charge is -2.47. The smallest absolute Gasteiger partial charge is 0.308 e. The fourth-order valence-corrected chi connectivity index (χ4v) is 5.63. The van der Waals surface area contributed by atoms with Crippen LogP contribution in [0.5, 0.6) is 0 Å². The Morgan fingerprint density at radius 3 is 2.82 bits per heavy atom. The average molecular weight is 444 g/mol. The third kappa shape index (κ3) is 3.13. The van der Waals surface area contributed by atoms with Crippen LogP contribution < -0.4 is 5.32 Å². The lowest BCUT2D eigenvalue weighted by Crippen LogP contribution is -2.51. The number of carbonyl (C=O) groups is 1. The minimum Gasteiger partial charge on any atom is -0.481 e. The zero-order valence-electron chi connectivity index (χ0n) is 17.6. The van der Waals surface area contributed by atoms with Crippen molar-refractivity contribution in [2.75, 3.05) is 5.32 Å². The highest BCUT2D eigenvalue weighted by molar-refractivity contribution is 5.92. The highest BCUT2D eigenvalue weighted by Crippen LogP contribution is 2.46. The number of nitrogens with zero attached hydrogens (tertiary/aromatic N) is 4. The number of carboxylic acid groups (broad SMARTS) is 1. The summed E-state index contributed by atoms with van der Waals surface area (Å²) in [6.07, 6.45) is 14.1. The number of hydrogen-bond donors (Lipinski definition) is 3. The first kappa shape index (κ1) is 19.7. The number of carboxylic acids is 1. The maximum Gasteiger partial charge on any atom is 0.308 e. The molecule has 8 nitrogen and oxygen atoms in total. The van der Waals surface area contributed by atoms with Crippen molar-refractivity contribution in [3.05, 3.63) is 42.1 Å². The molecule has 9 heteroatoms. The molecule has 0 radical (unpaired) electrons. The molecule has 0 amide bonds. The highest BCUT2D eigenvalue weighted by Gasteiger charge is 2.47. The van der Waals surface area contributed by atoms with Crippen LogP contribution in [0.25, 0.3) is 27.9 Å². The Labute approximate surface area is 188 Å². The molecular weight excluding hydrogens is 423 g/mol. The molecule has 4 aromatic heterocycles. The molecule has 0 unspecified atom stereocenters. The van der Waals surface area contributed by atoms with E-state index in [0.29, 0.717) is 39.3 Å². The first-order valence-corrected chi connectivity index (χ1v) is 11.0. The highest BCUT2D eigenvalue weighted by atomic mass is 19.1. The molecule has 0 aliphatic heterocycles. The standard InChI is InChI=1S/C24H21FN6O2/c1-2-12-7-18-23(28-20-14-5-3-13(4-6-14)19(20)24(32)33)29-22(30-31(18)11-12)17-10-27-21-16(17)8-15(25)9-26-21/h1,7-11,13-14,19-20H,3-6H2,(H,26,27)(H,32,33)(H,28,29,30)/t13-,14+,19-,20-/m0/s1. The molecule has 0 aromatic carbocycles. The number of nitrogens with one attached hydrogen (secondary N) is 2. The van der Waals surface area contributed by atoms with E-state index in [-0.39, 0.29) is 17.9 Å². The number of pyridine rings is 1. The van der Waals surface area contributed by atoms with Crippen LogP contribution in [-0.2, 0) is 4.79 Å². The molecule has 4 heterocycles. The van der Waals surface area contributed by atoms with Gasteiger partial charge in [0.1, 0.15) is 17.0 Å². The van der Waals surface area contributed by atoms with E-state index in [2.05, 4.69) is 26.3 Å². The maximum atomic E-state index is 13.9. The summed E-state index contributed by atoms with van der Waals surface area (Å²) in [5.74, 6) is 2.22. The largest absolute Gasteiger partial charge is 0.481 e. The summed E-state index contributed by atoms with van der Waals surface area (Å²) < 4.78 is 15.5. The molecular formula is C24H21FN6O2. The van der Waals surface area contributed by atoms with Gasteiger partial charge in [-0.05, 0) is 49.7 Å². The number of anilines is 1. The number of H-pyrrole nitrogens is 1. The zero-order chi connectivity index (χ0) is 22.7. The lowest BCUT2D eigenvalue weighted by molar-refractivity contribution is -0.148. The Bertz CT molecular complexity index is 1440. The minimum absolute atomic E-state index is 0.165. The number of hydrogen-bond acceptors (Lipinski definition) is 5. The van der Waals surface area contributed by atoms with Crippen LogP contribution in [0.15, 0.2) is 30.7 Å². The van der Waals surface area contributed by atoms with E-state index in [1.165, 1.54) is 6.07 Å². The van der Waals surface area contributed by atoms with Crippen molar-refractivity contribution in [1.82, 2.24) is 24.6 Å². The number of halogens is 1. The van der Waals surface area contributed by atoms with E-state index in [9.17, 15) is 14.3 Å². The van der Waals surface area contributed by atoms with E-state index >= 15 is 0 Å². The van der Waals surface area contributed by atoms with Gasteiger partial charge in [-0.3, -0.25) is 4.79 Å². The summed E-state index contributed by atoms with van der Waals surface area (Å²) in [6, 6.07) is 2.96. The third-order valence-electron chi connectivity index (χ3n) is 7.18. The molecule has 166 valence electrons. The molecule has 3 aliphatic carbocycles. The van der Waals surface area contributed by atoms with Crippen molar-refractivity contribution >= 4 is 28.3 Å². The molecule has 2 bridgehead atoms. The summed E-state index contributed by atoms with van der Waals surface area (Å²) in [6.45, 7) is 0. The summed E-state index contributed by atoms with van der Waals surface area (Å²) in [5, 5.41) is 18.6. The first-order valence-electron chi connectivity index (χ1n) is 11.0. The van der Waals surface area contributed by atoms with Gasteiger partial charge in [-0.2, -0.15) is 0 Å². The molecule has 7 rings (SSSR count). The Morgan fingerprint density at radius 2 is 2.06 bits per heavy atom. The third-order valence-corrected chi connectivity index (χ3v) is 7.18. The lowest BCUT2D eigenvalue weighted by atomic mass is 9.61. The second kappa shape index (κ2) is 7.30. The summed E-state index contributed by atoms with van der Waals surface area (Å²) in [4.78, 5) is 24.0. The monoisotopic (exact) mass is 444 g/mol. The van der Waals surface area contributed by atoms with Crippen molar-refractivity contribution in [2.24, 2.45) is 17.8 Å². The van der Waals surface area contributed by atoms with Crippen LogP contribution >= 0.6 is 0 Å². The number of aromatic amines is 1. The zero-order valence-corrected chi connectivity index (χ0v) is 17.6. The van der Waals surface area contributed by atoms with Gasteiger partial charge >= 0.3 is 5.97 Å². The first-order chi connectivity index (χ1) is 16.0. The predicted molar refractivity (Wildman–Crippen MR) is 120 cm³/mol. The van der Waals surface area contributed by atoms with Gasteiger partial charge in [0, 0.05) is 34.9 Å². The predicted octanol–water partition coefficient (Wildman–Crippen LogP) is 3.69. The second-order valence-corrected chi connectivity index (χ2v) is 8.95. The molecule has 3 fully saturated rings. The number of fused-ring (bicyclic) bond motifs is 5. The molecule has 33 heavy (non-hydrogen) atoms. The van der Waals surface area contributed by atoms with E-state index < -0.39 is 17.7 Å². The summed E-state index contributed by atoms with van der Waals surface area (Å²) in [7, 11) is 0. The number of terminal acetylenes is 1. The Morgan fingerprint density at radius 1 is 1.27 bits per heavy atom. The second-order valence-electron chi connectivity index (χ2n) is 8.95. The van der Waals surface area contributed by atoms with Gasteiger partial charge in [0.25, 0.3) is 0 Å². The van der Waals surface area contributed by atoms with Crippen molar-refractivity contribution < 1.29 is 14.3 Å². The van der Waals surface area contributed by atoms with Gasteiger partial charge in [0.2, 0.25) is 0 Å². The van der Waals surface area contributed by atoms with Crippen LogP contribution in [0.4, 0.5) is 10.2 Å². The van der Waals surface area contributed by atoms with Gasteiger partial charge in [-0.15, -0.1) is 11.5 Å². The van der Waals surface area contributed by atoms with Crippen molar-refractivity contribution in [2.45, 2.75) is 31.7 Å². The SMILES string of the molecule is C#Cc1cc2c(N[C@H]3[C@H]4CC[C@H](CC4)[C@@H]3C(=O)O)nc(-c3c[nH]c4ncc(F)cc34)nn2c1. The van der Waals surface area contributed by atoms with E-state index in [4.69, 9.17) is 11.4 Å². The van der Waals surface area contributed by atoms with Gasteiger partial charge < -0.3 is 15.4 Å². The Balaban J connectivity index is 1.50. The van der Waals surface area contributed by atoms with Gasteiger partial charge in [0.15, 0.2) is 11.6 Å². The molecule has 3 saturated carbocycles. The molecule has 3 aliphatic rings. The summed E-state index contributed by atoms with van der Waals surface area (Å²) >= 11 is 0. The van der Waals surface area contributed by atoms with Gasteiger partial charge in [-0.25, -0.2) is 18.9 Å². The number of aromatic nitrogens is 5. The van der Waals surface area contributed by atoms with Crippen LogP contribution in [0, 0.1) is 35.9 Å². The van der Waals surface area contributed by atoms with E-state index in [0.717, 1.165) is 31.9 Å². The minimum atomic E-state index is -0.773. The molecule has 4 aromatic rings. The Hall–Kier alpha value is -3.93. The number of aliphatic carboxylic acids is 1.